The van der Waals surface area contributed by atoms with E-state index in [1.807, 2.05) is 6.20 Å². The Morgan fingerprint density at radius 1 is 1.58 bits per heavy atom. The van der Waals surface area contributed by atoms with Gasteiger partial charge in [0.05, 0.1) is 5.54 Å². The predicted molar refractivity (Wildman–Crippen MR) is 55.0 cm³/mol. The summed E-state index contributed by atoms with van der Waals surface area (Å²) in [4.78, 5) is 0. The number of fused-ring (bicyclic) bond motifs is 1. The SMILES string of the molecule is CC1=C2C(Br)=CN[C@]2(C)CC=C1. The third-order valence-electron chi connectivity index (χ3n) is 2.60. The van der Waals surface area contributed by atoms with Crippen molar-refractivity contribution in [3.05, 3.63) is 34.0 Å². The lowest BCUT2D eigenvalue weighted by molar-refractivity contribution is 0.498. The van der Waals surface area contributed by atoms with Gasteiger partial charge in [0.1, 0.15) is 0 Å². The molecule has 12 heavy (non-hydrogen) atoms. The van der Waals surface area contributed by atoms with Crippen LogP contribution in [-0.2, 0) is 0 Å². The van der Waals surface area contributed by atoms with Crippen molar-refractivity contribution in [1.82, 2.24) is 5.32 Å². The van der Waals surface area contributed by atoms with Crippen LogP contribution in [0.4, 0.5) is 0 Å². The lowest BCUT2D eigenvalue weighted by atomic mass is 9.84. The highest BCUT2D eigenvalue weighted by Gasteiger charge is 2.35. The zero-order valence-electron chi connectivity index (χ0n) is 7.32. The molecular weight excluding hydrogens is 214 g/mol. The smallest absolute Gasteiger partial charge is 0.0640 e. The second-order valence-electron chi connectivity index (χ2n) is 3.63. The number of allylic oxidation sites excluding steroid dienone is 2. The van der Waals surface area contributed by atoms with Crippen molar-refractivity contribution in [3.63, 3.8) is 0 Å². The molecule has 0 aromatic heterocycles. The number of halogens is 1. The Morgan fingerprint density at radius 3 is 3.00 bits per heavy atom. The summed E-state index contributed by atoms with van der Waals surface area (Å²) < 4.78 is 1.20. The van der Waals surface area contributed by atoms with Gasteiger partial charge in [0.2, 0.25) is 0 Å². The summed E-state index contributed by atoms with van der Waals surface area (Å²) in [6, 6.07) is 0. The van der Waals surface area contributed by atoms with E-state index in [-0.39, 0.29) is 5.54 Å². The van der Waals surface area contributed by atoms with Crippen molar-refractivity contribution in [2.45, 2.75) is 25.8 Å². The molecule has 0 spiro atoms. The molecule has 0 aromatic rings. The first-order valence-electron chi connectivity index (χ1n) is 4.15. The predicted octanol–water partition coefficient (Wildman–Crippen LogP) is 2.86. The molecule has 1 aliphatic heterocycles. The van der Waals surface area contributed by atoms with E-state index in [1.54, 1.807) is 0 Å². The Balaban J connectivity index is 2.54. The van der Waals surface area contributed by atoms with Gasteiger partial charge in [-0.15, -0.1) is 0 Å². The van der Waals surface area contributed by atoms with Crippen LogP contribution < -0.4 is 5.32 Å². The lowest BCUT2D eigenvalue weighted by Crippen LogP contribution is -2.37. The summed E-state index contributed by atoms with van der Waals surface area (Å²) in [5.74, 6) is 0. The summed E-state index contributed by atoms with van der Waals surface area (Å²) in [5.41, 5.74) is 2.90. The van der Waals surface area contributed by atoms with Crippen LogP contribution in [0.2, 0.25) is 0 Å². The second kappa shape index (κ2) is 2.49. The highest BCUT2D eigenvalue weighted by Crippen LogP contribution is 2.40. The summed E-state index contributed by atoms with van der Waals surface area (Å²) in [6.07, 6.45) is 7.54. The summed E-state index contributed by atoms with van der Waals surface area (Å²) in [5, 5.41) is 3.40. The van der Waals surface area contributed by atoms with E-state index >= 15 is 0 Å². The van der Waals surface area contributed by atoms with Crippen LogP contribution in [0.15, 0.2) is 34.0 Å². The highest BCUT2D eigenvalue weighted by atomic mass is 79.9. The van der Waals surface area contributed by atoms with Gasteiger partial charge in [-0.3, -0.25) is 0 Å². The van der Waals surface area contributed by atoms with E-state index < -0.39 is 0 Å². The zero-order valence-corrected chi connectivity index (χ0v) is 8.90. The Labute approximate surface area is 81.4 Å². The lowest BCUT2D eigenvalue weighted by Gasteiger charge is -2.30. The monoisotopic (exact) mass is 225 g/mol. The number of hydrogen-bond acceptors (Lipinski definition) is 1. The normalized spacial score (nSPS) is 33.1. The Hall–Kier alpha value is -0.500. The van der Waals surface area contributed by atoms with Crippen LogP contribution in [0.25, 0.3) is 0 Å². The maximum absolute atomic E-state index is 3.56. The molecular formula is C10H12BrN. The quantitative estimate of drug-likeness (QED) is 0.669. The van der Waals surface area contributed by atoms with Crippen LogP contribution >= 0.6 is 15.9 Å². The summed E-state index contributed by atoms with van der Waals surface area (Å²) >= 11 is 3.56. The molecule has 0 radical (unpaired) electrons. The zero-order chi connectivity index (χ0) is 8.77. The molecule has 1 aliphatic carbocycles. The van der Waals surface area contributed by atoms with E-state index in [2.05, 4.69) is 47.2 Å². The van der Waals surface area contributed by atoms with Gasteiger partial charge in [-0.1, -0.05) is 12.2 Å². The molecule has 1 N–H and O–H groups in total. The van der Waals surface area contributed by atoms with Crippen LogP contribution in [0, 0.1) is 0 Å². The molecule has 2 heteroatoms. The fourth-order valence-electron chi connectivity index (χ4n) is 1.97. The number of nitrogens with one attached hydrogen (secondary N) is 1. The molecule has 0 fully saturated rings. The molecule has 0 aromatic carbocycles. The minimum atomic E-state index is 0.137. The van der Waals surface area contributed by atoms with Crippen molar-refractivity contribution in [3.8, 4) is 0 Å². The third kappa shape index (κ3) is 0.977. The maximum Gasteiger partial charge on any atom is 0.0640 e. The van der Waals surface area contributed by atoms with Crippen LogP contribution in [0.3, 0.4) is 0 Å². The molecule has 0 amide bonds. The molecule has 0 bridgehead atoms. The largest absolute Gasteiger partial charge is 0.380 e. The molecule has 1 nitrogen and oxygen atoms in total. The van der Waals surface area contributed by atoms with Gasteiger partial charge < -0.3 is 5.32 Å². The maximum atomic E-state index is 3.56. The van der Waals surface area contributed by atoms with Crippen LogP contribution in [0.5, 0.6) is 0 Å². The average molecular weight is 226 g/mol. The minimum absolute atomic E-state index is 0.137. The summed E-state index contributed by atoms with van der Waals surface area (Å²) in [6.45, 7) is 4.39. The summed E-state index contributed by atoms with van der Waals surface area (Å²) in [7, 11) is 0. The van der Waals surface area contributed by atoms with Crippen molar-refractivity contribution in [2.24, 2.45) is 0 Å². The van der Waals surface area contributed by atoms with Gasteiger partial charge in [0.15, 0.2) is 0 Å². The van der Waals surface area contributed by atoms with Crippen LogP contribution in [0.1, 0.15) is 20.3 Å². The van der Waals surface area contributed by atoms with Crippen LogP contribution in [-0.4, -0.2) is 5.54 Å². The van der Waals surface area contributed by atoms with E-state index in [9.17, 15) is 0 Å². The van der Waals surface area contributed by atoms with Crippen molar-refractivity contribution >= 4 is 15.9 Å². The molecule has 2 rings (SSSR count). The minimum Gasteiger partial charge on any atom is -0.380 e. The topological polar surface area (TPSA) is 12.0 Å². The third-order valence-corrected chi connectivity index (χ3v) is 3.22. The van der Waals surface area contributed by atoms with Gasteiger partial charge in [0.25, 0.3) is 0 Å². The standard InChI is InChI=1S/C10H12BrN/c1-7-4-3-5-10(2)9(7)8(11)6-12-10/h3-4,6,12H,5H2,1-2H3/t10-/m1/s1. The van der Waals surface area contributed by atoms with Crippen molar-refractivity contribution < 1.29 is 0 Å². The molecule has 0 saturated heterocycles. The molecule has 2 aliphatic rings. The highest BCUT2D eigenvalue weighted by molar-refractivity contribution is 9.12. The van der Waals surface area contributed by atoms with Gasteiger partial charge in [-0.05, 0) is 47.3 Å². The van der Waals surface area contributed by atoms with Crippen molar-refractivity contribution in [1.29, 1.82) is 0 Å². The molecule has 64 valence electrons. The first-order valence-corrected chi connectivity index (χ1v) is 4.94. The van der Waals surface area contributed by atoms with E-state index in [0.29, 0.717) is 0 Å². The average Bonchev–Trinajstić information content (AvgIpc) is 2.29. The molecule has 1 heterocycles. The van der Waals surface area contributed by atoms with Gasteiger partial charge in [-0.2, -0.15) is 0 Å². The Bertz CT molecular complexity index is 312. The Morgan fingerprint density at radius 2 is 2.33 bits per heavy atom. The fourth-order valence-corrected chi connectivity index (χ4v) is 2.83. The number of hydrogen-bond donors (Lipinski definition) is 1. The molecule has 0 unspecified atom stereocenters. The van der Waals surface area contributed by atoms with Gasteiger partial charge >= 0.3 is 0 Å². The van der Waals surface area contributed by atoms with E-state index in [0.717, 1.165) is 6.42 Å². The second-order valence-corrected chi connectivity index (χ2v) is 4.49. The van der Waals surface area contributed by atoms with E-state index in [1.165, 1.54) is 15.6 Å². The van der Waals surface area contributed by atoms with Gasteiger partial charge in [0, 0.05) is 10.7 Å². The van der Waals surface area contributed by atoms with Gasteiger partial charge in [-0.25, -0.2) is 0 Å². The fraction of sp³-hybridized carbons (Fsp3) is 0.400. The molecule has 1 atom stereocenters. The first kappa shape index (κ1) is 8.11. The first-order chi connectivity index (χ1) is 5.63. The van der Waals surface area contributed by atoms with Crippen molar-refractivity contribution in [2.75, 3.05) is 0 Å². The van der Waals surface area contributed by atoms with E-state index in [4.69, 9.17) is 0 Å². The Kier molecular flexibility index (Phi) is 1.69. The molecule has 0 saturated carbocycles. The number of rotatable bonds is 0.